The van der Waals surface area contributed by atoms with E-state index in [1.165, 1.54) is 18.6 Å². The number of hydrogen-bond donors (Lipinski definition) is 1. The number of thioether (sulfide) groups is 1. The highest BCUT2D eigenvalue weighted by molar-refractivity contribution is 7.99. The zero-order chi connectivity index (χ0) is 12.0. The Kier molecular flexibility index (Phi) is 5.35. The Morgan fingerprint density at radius 3 is 2.65 bits per heavy atom. The molecule has 1 saturated carbocycles. The molecule has 3 nitrogen and oxygen atoms in total. The predicted octanol–water partition coefficient (Wildman–Crippen LogP) is 2.18. The number of rotatable bonds is 6. The van der Waals surface area contributed by atoms with Crippen molar-refractivity contribution in [2.75, 3.05) is 31.3 Å². The molecule has 2 aliphatic rings. The molecule has 0 aromatic heterocycles. The van der Waals surface area contributed by atoms with Crippen LogP contribution >= 0.6 is 11.8 Å². The van der Waals surface area contributed by atoms with Gasteiger partial charge >= 0.3 is 0 Å². The highest BCUT2D eigenvalue weighted by atomic mass is 32.2. The third-order valence-corrected chi connectivity index (χ3v) is 4.44. The second-order valence-corrected chi connectivity index (χ2v) is 5.85. The van der Waals surface area contributed by atoms with E-state index in [-0.39, 0.29) is 5.79 Å². The lowest BCUT2D eigenvalue weighted by atomic mass is 9.90. The van der Waals surface area contributed by atoms with E-state index in [9.17, 15) is 0 Å². The molecule has 4 heteroatoms. The van der Waals surface area contributed by atoms with Crippen molar-refractivity contribution in [3.05, 3.63) is 12.7 Å². The summed E-state index contributed by atoms with van der Waals surface area (Å²) in [6.45, 7) is 6.36. The fraction of sp³-hybridized carbons (Fsp3) is 0.846. The molecular weight excluding hydrogens is 234 g/mol. The minimum atomic E-state index is -0.213. The van der Waals surface area contributed by atoms with Crippen LogP contribution in [0.2, 0.25) is 0 Å². The highest BCUT2D eigenvalue weighted by Crippen LogP contribution is 2.35. The summed E-state index contributed by atoms with van der Waals surface area (Å²) in [7, 11) is 0. The normalized spacial score (nSPS) is 24.2. The van der Waals surface area contributed by atoms with E-state index in [4.69, 9.17) is 9.47 Å². The first-order valence-corrected chi connectivity index (χ1v) is 7.70. The zero-order valence-corrected chi connectivity index (χ0v) is 11.3. The van der Waals surface area contributed by atoms with Crippen molar-refractivity contribution in [2.24, 2.45) is 0 Å². The maximum absolute atomic E-state index is 5.72. The Labute approximate surface area is 108 Å². The van der Waals surface area contributed by atoms with Gasteiger partial charge < -0.3 is 14.8 Å². The summed E-state index contributed by atoms with van der Waals surface area (Å²) >= 11 is 1.93. The van der Waals surface area contributed by atoms with Crippen LogP contribution in [-0.4, -0.2) is 43.1 Å². The second kappa shape index (κ2) is 6.78. The van der Waals surface area contributed by atoms with Crippen molar-refractivity contribution >= 4 is 11.8 Å². The van der Waals surface area contributed by atoms with Crippen LogP contribution in [0.1, 0.15) is 25.7 Å². The van der Waals surface area contributed by atoms with Crippen LogP contribution < -0.4 is 5.32 Å². The van der Waals surface area contributed by atoms with E-state index in [1.54, 1.807) is 0 Å². The van der Waals surface area contributed by atoms with Crippen molar-refractivity contribution < 1.29 is 9.47 Å². The van der Waals surface area contributed by atoms with E-state index in [0.717, 1.165) is 38.4 Å². The average Bonchev–Trinajstić information content (AvgIpc) is 2.80. The molecule has 0 aromatic rings. The van der Waals surface area contributed by atoms with Crippen molar-refractivity contribution in [2.45, 2.75) is 37.5 Å². The van der Waals surface area contributed by atoms with E-state index >= 15 is 0 Å². The van der Waals surface area contributed by atoms with Crippen LogP contribution in [0, 0.1) is 0 Å². The van der Waals surface area contributed by atoms with Gasteiger partial charge in [0.15, 0.2) is 5.79 Å². The van der Waals surface area contributed by atoms with E-state index in [2.05, 4.69) is 11.9 Å². The molecule has 0 atom stereocenters. The molecule has 1 aliphatic carbocycles. The summed E-state index contributed by atoms with van der Waals surface area (Å²) in [6.07, 6.45) is 6.40. The molecule has 1 aliphatic heterocycles. The maximum Gasteiger partial charge on any atom is 0.168 e. The van der Waals surface area contributed by atoms with Crippen LogP contribution in [0.15, 0.2) is 12.7 Å². The smallest absolute Gasteiger partial charge is 0.168 e. The third-order valence-electron chi connectivity index (χ3n) is 3.48. The number of nitrogens with one attached hydrogen (secondary N) is 1. The largest absolute Gasteiger partial charge is 0.348 e. The molecule has 17 heavy (non-hydrogen) atoms. The molecule has 1 heterocycles. The fourth-order valence-corrected chi connectivity index (χ4v) is 3.14. The molecule has 98 valence electrons. The topological polar surface area (TPSA) is 30.5 Å². The molecule has 0 unspecified atom stereocenters. The molecule has 1 spiro atoms. The van der Waals surface area contributed by atoms with Gasteiger partial charge in [0, 0.05) is 36.9 Å². The summed E-state index contributed by atoms with van der Waals surface area (Å²) in [4.78, 5) is 0. The molecule has 2 rings (SSSR count). The van der Waals surface area contributed by atoms with Gasteiger partial charge in [-0.25, -0.2) is 0 Å². The van der Waals surface area contributed by atoms with Crippen LogP contribution in [0.4, 0.5) is 0 Å². The first-order valence-electron chi connectivity index (χ1n) is 6.55. The first kappa shape index (κ1) is 13.4. The summed E-state index contributed by atoms with van der Waals surface area (Å²) in [5, 5.41) is 3.62. The van der Waals surface area contributed by atoms with Gasteiger partial charge in [-0.3, -0.25) is 0 Å². The van der Waals surface area contributed by atoms with Crippen LogP contribution in [0.3, 0.4) is 0 Å². The molecule has 0 radical (unpaired) electrons. The van der Waals surface area contributed by atoms with E-state index < -0.39 is 0 Å². The molecule has 0 amide bonds. The van der Waals surface area contributed by atoms with Gasteiger partial charge in [0.25, 0.3) is 0 Å². The van der Waals surface area contributed by atoms with Gasteiger partial charge in [0.05, 0.1) is 13.2 Å². The van der Waals surface area contributed by atoms with E-state index in [1.807, 2.05) is 17.8 Å². The van der Waals surface area contributed by atoms with Crippen molar-refractivity contribution in [1.29, 1.82) is 0 Å². The third kappa shape index (κ3) is 3.98. The molecule has 2 fully saturated rings. The van der Waals surface area contributed by atoms with E-state index in [0.29, 0.717) is 6.04 Å². The highest BCUT2D eigenvalue weighted by Gasteiger charge is 2.39. The van der Waals surface area contributed by atoms with Crippen LogP contribution in [0.5, 0.6) is 0 Å². The Hall–Kier alpha value is -0.0300. The zero-order valence-electron chi connectivity index (χ0n) is 10.5. The lowest BCUT2D eigenvalue weighted by molar-refractivity contribution is -0.179. The minimum absolute atomic E-state index is 0.213. The van der Waals surface area contributed by atoms with Gasteiger partial charge in [-0.2, -0.15) is 11.8 Å². The summed E-state index contributed by atoms with van der Waals surface area (Å²) < 4.78 is 11.4. The number of hydrogen-bond acceptors (Lipinski definition) is 4. The first-order chi connectivity index (χ1) is 8.35. The van der Waals surface area contributed by atoms with Crippen LogP contribution in [-0.2, 0) is 9.47 Å². The molecule has 1 N–H and O–H groups in total. The van der Waals surface area contributed by atoms with Gasteiger partial charge in [-0.05, 0) is 12.8 Å². The quantitative estimate of drug-likeness (QED) is 0.583. The lowest BCUT2D eigenvalue weighted by Gasteiger charge is -2.35. The minimum Gasteiger partial charge on any atom is -0.348 e. The average molecular weight is 257 g/mol. The van der Waals surface area contributed by atoms with Gasteiger partial charge in [0.1, 0.15) is 0 Å². The van der Waals surface area contributed by atoms with Gasteiger partial charge in [0.2, 0.25) is 0 Å². The number of ether oxygens (including phenoxy) is 2. The van der Waals surface area contributed by atoms with Crippen LogP contribution in [0.25, 0.3) is 0 Å². The Morgan fingerprint density at radius 2 is 2.00 bits per heavy atom. The monoisotopic (exact) mass is 257 g/mol. The summed E-state index contributed by atoms with van der Waals surface area (Å²) in [5.41, 5.74) is 0. The summed E-state index contributed by atoms with van der Waals surface area (Å²) in [5.74, 6) is 2.01. The predicted molar refractivity (Wildman–Crippen MR) is 72.4 cm³/mol. The van der Waals surface area contributed by atoms with Gasteiger partial charge in [-0.1, -0.05) is 6.08 Å². The lowest BCUT2D eigenvalue weighted by Crippen LogP contribution is -2.42. The fourth-order valence-electron chi connectivity index (χ4n) is 2.55. The standard InChI is InChI=1S/C13H23NO2S/c1-2-10-17-11-7-14-12-3-5-13(6-4-12)15-8-9-16-13/h2,12,14H,1,3-11H2. The second-order valence-electron chi connectivity index (χ2n) is 4.70. The van der Waals surface area contributed by atoms with Crippen molar-refractivity contribution in [1.82, 2.24) is 5.32 Å². The Bertz CT molecular complexity index is 232. The molecular formula is C13H23NO2S. The Balaban J connectivity index is 1.57. The molecule has 0 aromatic carbocycles. The molecule has 1 saturated heterocycles. The van der Waals surface area contributed by atoms with Gasteiger partial charge in [-0.15, -0.1) is 6.58 Å². The maximum atomic E-state index is 5.72. The molecule has 0 bridgehead atoms. The van der Waals surface area contributed by atoms with Crippen molar-refractivity contribution in [3.63, 3.8) is 0 Å². The van der Waals surface area contributed by atoms with Crippen molar-refractivity contribution in [3.8, 4) is 0 Å². The Morgan fingerprint density at radius 1 is 1.29 bits per heavy atom. The summed E-state index contributed by atoms with van der Waals surface area (Å²) in [6, 6.07) is 0.651. The SMILES string of the molecule is C=CCSCCNC1CCC2(CC1)OCCO2.